The summed E-state index contributed by atoms with van der Waals surface area (Å²) in [6.45, 7) is 9.49. The molecule has 2 nitrogen and oxygen atoms in total. The van der Waals surface area contributed by atoms with Crippen molar-refractivity contribution in [2.75, 3.05) is 0 Å². The lowest BCUT2D eigenvalue weighted by molar-refractivity contribution is 0.661. The van der Waals surface area contributed by atoms with Gasteiger partial charge in [0.1, 0.15) is 0 Å². The Morgan fingerprint density at radius 3 is 1.02 bits per heavy atom. The maximum absolute atomic E-state index is 2.49. The third-order valence-electron chi connectivity index (χ3n) is 24.1. The maximum atomic E-state index is 2.49. The number of aromatic nitrogens is 2. The van der Waals surface area contributed by atoms with Crippen LogP contribution in [0.3, 0.4) is 0 Å². The van der Waals surface area contributed by atoms with Crippen LogP contribution in [-0.4, -0.2) is 9.13 Å². The van der Waals surface area contributed by atoms with Crippen molar-refractivity contribution in [3.05, 3.63) is 420 Å². The Kier molecular flexibility index (Phi) is 13.9. The van der Waals surface area contributed by atoms with E-state index in [0.717, 1.165) is 0 Å². The van der Waals surface area contributed by atoms with Gasteiger partial charge in [0.15, 0.2) is 0 Å². The van der Waals surface area contributed by atoms with Crippen molar-refractivity contribution >= 4 is 43.6 Å². The van der Waals surface area contributed by atoms with Crippen molar-refractivity contribution in [3.63, 3.8) is 0 Å². The van der Waals surface area contributed by atoms with Gasteiger partial charge in [0.05, 0.1) is 22.1 Å². The molecule has 22 rings (SSSR count). The molecule has 0 spiro atoms. The summed E-state index contributed by atoms with van der Waals surface area (Å²) >= 11 is 0. The quantitative estimate of drug-likeness (QED) is 0.143. The van der Waals surface area contributed by atoms with E-state index in [1.807, 2.05) is 0 Å². The van der Waals surface area contributed by atoms with Gasteiger partial charge in [0.25, 0.3) is 0 Å². The molecule has 16 aromatic carbocycles. The van der Waals surface area contributed by atoms with E-state index in [2.05, 4.69) is 401 Å². The largest absolute Gasteiger partial charge is 0.309 e. The highest BCUT2D eigenvalue weighted by Crippen LogP contribution is 2.56. The number of nitrogens with zero attached hydrogens (tertiary/aromatic N) is 2. The van der Waals surface area contributed by atoms with Gasteiger partial charge in [-0.25, -0.2) is 0 Å². The first kappa shape index (κ1) is 61.8. The maximum Gasteiger partial charge on any atom is 0.0547 e. The van der Waals surface area contributed by atoms with Gasteiger partial charge < -0.3 is 9.13 Å². The zero-order chi connectivity index (χ0) is 70.5. The minimum Gasteiger partial charge on any atom is -0.309 e. The summed E-state index contributed by atoms with van der Waals surface area (Å²) in [5.74, 6) is 0.388. The first-order valence-corrected chi connectivity index (χ1v) is 37.4. The Bertz CT molecular complexity index is 6620. The molecule has 4 aliphatic carbocycles. The summed E-state index contributed by atoms with van der Waals surface area (Å²) in [6.07, 6.45) is 0. The van der Waals surface area contributed by atoms with E-state index in [-0.39, 0.29) is 22.7 Å². The molecule has 0 N–H and O–H groups in total. The second kappa shape index (κ2) is 23.8. The standard InChI is InChI=1S/2C52H37N/c1-52(2)47-23-12-11-21-40(47)44-32-50-46(31-48(44)52)45-30-36(25-27-49(45)53(50)38-18-7-4-8-19-38)35-24-26-42-43(29-35)39-20-9-10-22-41(39)51(42)37-17-13-16-34(28-37)33-14-5-3-6-15-33;1-52(2)47-23-12-11-21-40(47)44-31-46-45-30-36(25-27-49(45)53(50(46)32-48(44)52)38-18-7-4-8-19-38)35-24-26-42-43(29-35)39-20-9-10-22-41(39)51(42)37-17-13-16-34(28-37)33-14-5-3-6-15-33/h2*3-32,51H,1-2H3. The van der Waals surface area contributed by atoms with Crippen molar-refractivity contribution in [2.45, 2.75) is 50.4 Å². The molecule has 0 bridgehead atoms. The summed E-state index contributed by atoms with van der Waals surface area (Å²) in [6, 6.07) is 136. The van der Waals surface area contributed by atoms with E-state index >= 15 is 0 Å². The predicted molar refractivity (Wildman–Crippen MR) is 444 cm³/mol. The summed E-state index contributed by atoms with van der Waals surface area (Å²) in [7, 11) is 0. The van der Waals surface area contributed by atoms with E-state index in [1.54, 1.807) is 0 Å². The Hall–Kier alpha value is -12.9. The minimum atomic E-state index is -0.0660. The topological polar surface area (TPSA) is 9.86 Å². The Labute approximate surface area is 619 Å². The van der Waals surface area contributed by atoms with Gasteiger partial charge >= 0.3 is 0 Å². The van der Waals surface area contributed by atoms with Crippen molar-refractivity contribution in [1.29, 1.82) is 0 Å². The fourth-order valence-electron chi connectivity index (χ4n) is 19.0. The second-order valence-electron chi connectivity index (χ2n) is 30.6. The van der Waals surface area contributed by atoms with E-state index in [0.29, 0.717) is 0 Å². The lowest BCUT2D eigenvalue weighted by Gasteiger charge is -2.21. The van der Waals surface area contributed by atoms with Crippen molar-refractivity contribution in [1.82, 2.24) is 9.13 Å². The van der Waals surface area contributed by atoms with Gasteiger partial charge in [-0.05, 0) is 230 Å². The number of hydrogen-bond acceptors (Lipinski definition) is 0. The first-order chi connectivity index (χ1) is 52.1. The molecule has 2 aromatic heterocycles. The lowest BCUT2D eigenvalue weighted by Crippen LogP contribution is -2.14. The zero-order valence-electron chi connectivity index (χ0n) is 59.7. The number of para-hydroxylation sites is 2. The average Bonchev–Trinajstić information content (AvgIpc) is 1.52. The van der Waals surface area contributed by atoms with Crippen LogP contribution in [0.2, 0.25) is 0 Å². The van der Waals surface area contributed by atoms with Gasteiger partial charge in [0, 0.05) is 55.6 Å². The Balaban J connectivity index is 0.000000136. The van der Waals surface area contributed by atoms with Crippen LogP contribution in [0.5, 0.6) is 0 Å². The summed E-state index contributed by atoms with van der Waals surface area (Å²) < 4.78 is 4.91. The first-order valence-electron chi connectivity index (χ1n) is 37.4. The van der Waals surface area contributed by atoms with Crippen LogP contribution in [-0.2, 0) is 10.8 Å². The molecule has 18 aromatic rings. The summed E-state index contributed by atoms with van der Waals surface area (Å²) in [5.41, 5.74) is 41.7. The van der Waals surface area contributed by atoms with E-state index in [1.165, 1.54) is 200 Å². The third kappa shape index (κ3) is 9.50. The molecule has 0 fully saturated rings. The number of benzene rings is 16. The Morgan fingerprint density at radius 2 is 0.538 bits per heavy atom. The summed E-state index contributed by atoms with van der Waals surface area (Å²) in [5, 5.41) is 5.16. The molecule has 2 unspecified atom stereocenters. The number of fused-ring (bicyclic) bond motifs is 18. The molecule has 0 radical (unpaired) electrons. The highest BCUT2D eigenvalue weighted by atomic mass is 15.0. The molecule has 2 heteroatoms. The molecule has 0 saturated heterocycles. The molecule has 500 valence electrons. The van der Waals surface area contributed by atoms with Crippen LogP contribution in [0.25, 0.3) is 144 Å². The molecule has 2 atom stereocenters. The van der Waals surface area contributed by atoms with Crippen molar-refractivity contribution in [2.24, 2.45) is 0 Å². The molecule has 2 heterocycles. The number of rotatable bonds is 8. The lowest BCUT2D eigenvalue weighted by atomic mass is 9.82. The third-order valence-corrected chi connectivity index (χ3v) is 24.1. The Morgan fingerprint density at radius 1 is 0.198 bits per heavy atom. The van der Waals surface area contributed by atoms with E-state index in [9.17, 15) is 0 Å². The SMILES string of the molecule is CC1(C)c2ccccc2-c2cc3c(cc21)c1cc(-c2ccc4c(c2)-c2ccccc2C4c2cccc(-c4ccccc4)c2)ccc1n3-c1ccccc1.CC1(C)c2ccccc2-c2cc3c4cc(-c5ccc6c(c5)-c5ccccc5C6c5cccc(-c6ccccc6)c5)ccc4n(-c4ccccc4)c3cc21. The normalized spacial score (nSPS) is 14.9. The highest BCUT2D eigenvalue weighted by Gasteiger charge is 2.39. The van der Waals surface area contributed by atoms with E-state index in [4.69, 9.17) is 0 Å². The molecule has 0 saturated carbocycles. The molecule has 0 amide bonds. The molecular weight excluding hydrogens is 1280 g/mol. The molecule has 4 aliphatic rings. The molecule has 0 aliphatic heterocycles. The average molecular weight is 1350 g/mol. The zero-order valence-corrected chi connectivity index (χ0v) is 59.7. The monoisotopic (exact) mass is 1350 g/mol. The van der Waals surface area contributed by atoms with Crippen molar-refractivity contribution < 1.29 is 0 Å². The smallest absolute Gasteiger partial charge is 0.0547 e. The van der Waals surface area contributed by atoms with Crippen LogP contribution in [0.15, 0.2) is 364 Å². The van der Waals surface area contributed by atoms with Gasteiger partial charge in [-0.3, -0.25) is 0 Å². The molecular formula is C104H74N2. The van der Waals surface area contributed by atoms with Crippen LogP contribution >= 0.6 is 0 Å². The van der Waals surface area contributed by atoms with Crippen LogP contribution < -0.4 is 0 Å². The minimum absolute atomic E-state index is 0.0648. The van der Waals surface area contributed by atoms with Crippen LogP contribution in [0, 0.1) is 0 Å². The van der Waals surface area contributed by atoms with Gasteiger partial charge in [0.2, 0.25) is 0 Å². The van der Waals surface area contributed by atoms with Gasteiger partial charge in [-0.15, -0.1) is 0 Å². The fourth-order valence-corrected chi connectivity index (χ4v) is 19.0. The van der Waals surface area contributed by atoms with Gasteiger partial charge in [-0.2, -0.15) is 0 Å². The number of hydrogen-bond donors (Lipinski definition) is 0. The highest BCUT2D eigenvalue weighted by molar-refractivity contribution is 6.14. The van der Waals surface area contributed by atoms with Crippen LogP contribution in [0.1, 0.15) is 95.2 Å². The van der Waals surface area contributed by atoms with E-state index < -0.39 is 0 Å². The predicted octanol–water partition coefficient (Wildman–Crippen LogP) is 27.2. The van der Waals surface area contributed by atoms with Crippen molar-refractivity contribution in [3.8, 4) is 100 Å². The second-order valence-corrected chi connectivity index (χ2v) is 30.6. The molecule has 106 heavy (non-hydrogen) atoms. The summed E-state index contributed by atoms with van der Waals surface area (Å²) in [4.78, 5) is 0. The van der Waals surface area contributed by atoms with Crippen LogP contribution in [0.4, 0.5) is 0 Å². The fraction of sp³-hybridized carbons (Fsp3) is 0.0769. The van der Waals surface area contributed by atoms with Gasteiger partial charge in [-0.1, -0.05) is 307 Å².